The molecule has 0 spiro atoms. The molecule has 0 atom stereocenters. The van der Waals surface area contributed by atoms with Crippen molar-refractivity contribution in [3.63, 3.8) is 0 Å². The quantitative estimate of drug-likeness (QED) is 0.0216. The number of benzene rings is 6. The van der Waals surface area contributed by atoms with E-state index in [1.165, 1.54) is 105 Å². The first-order valence-electron chi connectivity index (χ1n) is 34.0. The number of hydrogen-bond donors (Lipinski definition) is 11. The zero-order valence-corrected chi connectivity index (χ0v) is 65.1. The van der Waals surface area contributed by atoms with Crippen molar-refractivity contribution in [3.8, 4) is 23.0 Å². The number of pyridine rings is 8. The van der Waals surface area contributed by atoms with E-state index in [0.717, 1.165) is 12.1 Å². The number of rotatable bonds is 18. The van der Waals surface area contributed by atoms with Crippen LogP contribution in [0.2, 0.25) is 0 Å². The Bertz CT molecular complexity index is 6670. The number of aromatic carboxylic acids is 1. The van der Waals surface area contributed by atoms with Crippen LogP contribution in [0.4, 0.5) is 68.8 Å². The number of aromatic hydroxyl groups is 4. The average Bonchev–Trinajstić information content (AvgIpc) is 0.788. The largest absolute Gasteiger partial charge is 0.507 e. The number of carbonyl (C=O) groups is 5. The normalized spacial score (nSPS) is 11.4. The van der Waals surface area contributed by atoms with Gasteiger partial charge in [0.05, 0.1) is 56.4 Å². The standard InChI is InChI=1S/C38H28N10O7S.C24H20N6O6S.C16H12N4O3.2Ni/c1-20-23(18-25-30(49)13-11-28(35(25)41-20)45-47-33-7-3-5-15-39-33)37(51)43-22-9-10-27(32(17-22)56(53,54)55)44-38(52)24-19-26-31(50)14-12-29(36(26)42-21(24)2)46-48-34-8-4-6-16-40-34;1-13-16(24(33)28-18-7-6-15(27-14(2)31)11-21(18)37(34,35)36)12-17-20(32)9-8-19(23(17)26-13)29-30-22-5-3-4-10-25-22;1-9-10(16(22)23)8-11-13(21)6-5-12(15(11)18-9)19-20-14-4-2-3-7-17-14;;/h3-19,49-50H,1-2H3,(H,43,51)(H,44,52)(H,53,54,55);3-12,32H,1-2H3,(H,27,31)(H,28,33)(H,34,35,36);2-8,21H,1H3,(H,22,23);;. The van der Waals surface area contributed by atoms with Gasteiger partial charge in [0, 0.05) is 97.6 Å². The Balaban J connectivity index is 0.000000203. The molecule has 0 unspecified atom stereocenters. The van der Waals surface area contributed by atoms with E-state index in [1.54, 1.807) is 124 Å². The number of aryl methyl sites for hydroxylation is 4. The number of aromatic nitrogens is 8. The number of carbonyl (C=O) groups excluding carboxylic acids is 4. The number of phenolic OH excluding ortho intramolecular Hbond substituents is 4. The number of azo groups is 4. The zero-order chi connectivity index (χ0) is 82.7. The molecule has 11 N–H and O–H groups in total. The van der Waals surface area contributed by atoms with Crippen molar-refractivity contribution < 1.29 is 108 Å². The van der Waals surface area contributed by atoms with Crippen molar-refractivity contribution >= 4 is 162 Å². The topological polar surface area (TPSA) is 545 Å². The fourth-order valence-corrected chi connectivity index (χ4v) is 12.6. The van der Waals surface area contributed by atoms with Gasteiger partial charge in [-0.25, -0.2) is 44.7 Å². The van der Waals surface area contributed by atoms with E-state index in [2.05, 4.69) is 102 Å². The molecule has 14 rings (SSSR count). The van der Waals surface area contributed by atoms with Crippen LogP contribution >= 0.6 is 0 Å². The Kier molecular flexibility index (Phi) is 26.9. The molecular weight excluding hydrogens is 1650 g/mol. The van der Waals surface area contributed by atoms with Crippen molar-refractivity contribution in [1.82, 2.24) is 39.9 Å². The van der Waals surface area contributed by atoms with Gasteiger partial charge in [-0.15, -0.1) is 40.9 Å². The summed E-state index contributed by atoms with van der Waals surface area (Å²) in [7, 11) is -9.72. The fraction of sp³-hybridized carbons (Fsp3) is 0.0641. The molecule has 14 aromatic rings. The Labute approximate surface area is 687 Å². The van der Waals surface area contributed by atoms with Crippen LogP contribution in [-0.2, 0) is 58.0 Å². The second-order valence-electron chi connectivity index (χ2n) is 24.8. The number of hydrogen-bond acceptors (Lipinski definition) is 29. The summed E-state index contributed by atoms with van der Waals surface area (Å²) in [5.41, 5.74) is 3.22. The van der Waals surface area contributed by atoms with Gasteiger partial charge in [-0.05, 0) is 185 Å². The number of phenols is 4. The second-order valence-corrected chi connectivity index (χ2v) is 27.5. The summed E-state index contributed by atoms with van der Waals surface area (Å²) in [5.74, 6) is -2.91. The predicted octanol–water partition coefficient (Wildman–Crippen LogP) is 16.5. The van der Waals surface area contributed by atoms with Gasteiger partial charge in [0.2, 0.25) is 5.91 Å². The fourth-order valence-electron chi connectivity index (χ4n) is 11.2. The van der Waals surface area contributed by atoms with Gasteiger partial charge in [-0.1, -0.05) is 24.3 Å². The molecular formula is C78H60N20Ni2O16S2. The summed E-state index contributed by atoms with van der Waals surface area (Å²) in [5, 5.41) is 94.5. The van der Waals surface area contributed by atoms with Gasteiger partial charge in [0.1, 0.15) is 77.6 Å². The molecule has 0 saturated carbocycles. The minimum absolute atomic E-state index is 0. The number of carboxylic acids is 1. The molecule has 0 saturated heterocycles. The zero-order valence-electron chi connectivity index (χ0n) is 61.5. The number of nitrogens with one attached hydrogen (secondary N) is 4. The Morgan fingerprint density at radius 1 is 0.339 bits per heavy atom. The number of anilines is 4. The number of fused-ring (bicyclic) bond motifs is 4. The van der Waals surface area contributed by atoms with E-state index in [-0.39, 0.29) is 151 Å². The first-order chi connectivity index (χ1) is 55.4. The SMILES string of the molecule is CC(=O)Nc1ccc(NC(=O)c2cc3c(O)ccc(N=Nc4ccccn4)c3nc2C)c(S(=O)(=O)O)c1.Cc1nc2c(N=Nc3ccccn3)ccc(O)c2cc1C(=O)Nc1ccc(NC(=O)c2cc3c(O)ccc(N=Nc4ccccn4)c3nc2C)c(S(=O)(=O)O)c1.Cc1nc2c(N=Nc3ccccn3)ccc(O)c2cc1C(=O)O.[Ni].[Ni]. The summed E-state index contributed by atoms with van der Waals surface area (Å²) in [6.45, 7) is 7.49. The minimum atomic E-state index is -4.96. The summed E-state index contributed by atoms with van der Waals surface area (Å²) in [4.78, 5) is 95.2. The summed E-state index contributed by atoms with van der Waals surface area (Å²) in [6.07, 6.45) is 6.29. The van der Waals surface area contributed by atoms with Gasteiger partial charge in [0.15, 0.2) is 23.3 Å². The molecule has 8 aromatic heterocycles. The van der Waals surface area contributed by atoms with Crippen molar-refractivity contribution in [2.24, 2.45) is 40.9 Å². The maximum atomic E-state index is 13.5. The third kappa shape index (κ3) is 20.4. The first kappa shape index (κ1) is 85.7. The molecule has 600 valence electrons. The van der Waals surface area contributed by atoms with Crippen LogP contribution in [-0.4, -0.2) is 121 Å². The van der Waals surface area contributed by atoms with Gasteiger partial charge in [0.25, 0.3) is 38.0 Å². The molecule has 36 nitrogen and oxygen atoms in total. The van der Waals surface area contributed by atoms with E-state index >= 15 is 0 Å². The molecule has 118 heavy (non-hydrogen) atoms. The monoisotopic (exact) mass is 1710 g/mol. The number of carboxylic acid groups (broad SMARTS) is 1. The van der Waals surface area contributed by atoms with Crippen LogP contribution in [0.3, 0.4) is 0 Å². The molecule has 0 radical (unpaired) electrons. The van der Waals surface area contributed by atoms with E-state index in [1.807, 2.05) is 0 Å². The molecule has 4 amide bonds. The van der Waals surface area contributed by atoms with Crippen LogP contribution in [0.25, 0.3) is 43.6 Å². The Morgan fingerprint density at radius 3 is 0.873 bits per heavy atom. The summed E-state index contributed by atoms with van der Waals surface area (Å²) >= 11 is 0. The van der Waals surface area contributed by atoms with E-state index in [0.29, 0.717) is 62.6 Å². The van der Waals surface area contributed by atoms with Gasteiger partial charge >= 0.3 is 5.97 Å². The maximum absolute atomic E-state index is 13.5. The maximum Gasteiger partial charge on any atom is 0.337 e. The predicted molar refractivity (Wildman–Crippen MR) is 424 cm³/mol. The average molecular weight is 1710 g/mol. The Morgan fingerprint density at radius 2 is 0.610 bits per heavy atom. The summed E-state index contributed by atoms with van der Waals surface area (Å²) < 4.78 is 68.7. The minimum Gasteiger partial charge on any atom is -0.507 e. The molecule has 0 aliphatic heterocycles. The third-order valence-electron chi connectivity index (χ3n) is 16.7. The second kappa shape index (κ2) is 37.1. The van der Waals surface area contributed by atoms with Crippen LogP contribution in [0.1, 0.15) is 71.1 Å². The molecule has 40 heteroatoms. The Hall–Kier alpha value is -14.7. The third-order valence-corrected chi connectivity index (χ3v) is 18.5. The molecule has 6 aromatic carbocycles. The van der Waals surface area contributed by atoms with Gasteiger partial charge in [-0.3, -0.25) is 28.3 Å². The first-order valence-corrected chi connectivity index (χ1v) is 36.8. The van der Waals surface area contributed by atoms with Crippen LogP contribution < -0.4 is 21.3 Å². The summed E-state index contributed by atoms with van der Waals surface area (Å²) in [6, 6.07) is 45.0. The smallest absolute Gasteiger partial charge is 0.337 e. The van der Waals surface area contributed by atoms with E-state index in [9.17, 15) is 70.3 Å². The molecule has 0 aliphatic carbocycles. The van der Waals surface area contributed by atoms with E-state index in [4.69, 9.17) is 5.11 Å². The number of nitrogens with zero attached hydrogens (tertiary/aromatic N) is 16. The van der Waals surface area contributed by atoms with Crippen molar-refractivity contribution in [2.45, 2.75) is 44.4 Å². The molecule has 0 aliphatic rings. The van der Waals surface area contributed by atoms with Gasteiger partial charge in [-0.2, -0.15) is 16.8 Å². The van der Waals surface area contributed by atoms with Crippen molar-refractivity contribution in [2.75, 3.05) is 21.3 Å². The number of amides is 4. The molecule has 0 bridgehead atoms. The molecule has 0 fully saturated rings. The van der Waals surface area contributed by atoms with Crippen molar-refractivity contribution in [3.05, 3.63) is 252 Å². The van der Waals surface area contributed by atoms with Crippen LogP contribution in [0.15, 0.2) is 257 Å². The molecule has 8 heterocycles. The van der Waals surface area contributed by atoms with Crippen molar-refractivity contribution in [1.29, 1.82) is 0 Å². The van der Waals surface area contributed by atoms with Crippen LogP contribution in [0.5, 0.6) is 23.0 Å². The van der Waals surface area contributed by atoms with E-state index < -0.39 is 59.6 Å². The van der Waals surface area contributed by atoms with Crippen LogP contribution in [0, 0.1) is 27.7 Å². The van der Waals surface area contributed by atoms with Gasteiger partial charge < -0.3 is 46.8 Å².